The summed E-state index contributed by atoms with van der Waals surface area (Å²) in [5.41, 5.74) is 7.27. The maximum atomic E-state index is 13.9. The SMILES string of the molecule is CCC/C=C/C(CC(=O)Oc1c(-c2ccccc2C(C)C)cccc1-c1ccccc1C(C)C)Nc1ccccc1OC. The number of unbranched alkanes of at least 4 members (excludes halogenated alkanes) is 1. The van der Waals surface area contributed by atoms with Gasteiger partial charge in [0, 0.05) is 11.1 Å². The van der Waals surface area contributed by atoms with Crippen LogP contribution in [-0.4, -0.2) is 19.1 Å². The highest BCUT2D eigenvalue weighted by Crippen LogP contribution is 2.43. The number of ether oxygens (including phenoxy) is 2. The van der Waals surface area contributed by atoms with Crippen molar-refractivity contribution in [2.45, 2.75) is 71.8 Å². The lowest BCUT2D eigenvalue weighted by Crippen LogP contribution is -2.24. The van der Waals surface area contributed by atoms with E-state index >= 15 is 0 Å². The lowest BCUT2D eigenvalue weighted by atomic mass is 9.87. The molecule has 4 nitrogen and oxygen atoms in total. The fourth-order valence-corrected chi connectivity index (χ4v) is 5.46. The second-order valence-electron chi connectivity index (χ2n) is 11.5. The van der Waals surface area contributed by atoms with Crippen molar-refractivity contribution in [3.05, 3.63) is 114 Å². The Morgan fingerprint density at radius 3 is 1.84 bits per heavy atom. The van der Waals surface area contributed by atoms with E-state index in [9.17, 15) is 4.79 Å². The predicted octanol–water partition coefficient (Wildman–Crippen LogP) is 10.4. The maximum absolute atomic E-state index is 13.9. The summed E-state index contributed by atoms with van der Waals surface area (Å²) in [4.78, 5) is 13.9. The summed E-state index contributed by atoms with van der Waals surface area (Å²) in [6.07, 6.45) is 6.31. The molecular weight excluding hydrogens is 530 g/mol. The zero-order valence-electron chi connectivity index (χ0n) is 26.4. The Kier molecular flexibility index (Phi) is 11.2. The van der Waals surface area contributed by atoms with E-state index in [1.165, 1.54) is 11.1 Å². The second-order valence-corrected chi connectivity index (χ2v) is 11.5. The van der Waals surface area contributed by atoms with Gasteiger partial charge in [0.05, 0.1) is 25.3 Å². The van der Waals surface area contributed by atoms with Gasteiger partial charge in [-0.2, -0.15) is 0 Å². The Morgan fingerprint density at radius 2 is 1.28 bits per heavy atom. The van der Waals surface area contributed by atoms with Crippen LogP contribution >= 0.6 is 0 Å². The summed E-state index contributed by atoms with van der Waals surface area (Å²) in [5.74, 6) is 1.65. The minimum Gasteiger partial charge on any atom is -0.495 e. The van der Waals surface area contributed by atoms with E-state index in [2.05, 4.69) is 107 Å². The highest BCUT2D eigenvalue weighted by molar-refractivity contribution is 5.88. The molecular formula is C39H45NO3. The Labute approximate surface area is 257 Å². The molecule has 43 heavy (non-hydrogen) atoms. The number of carbonyl (C=O) groups excluding carboxylic acids is 1. The molecule has 0 fully saturated rings. The first-order valence-electron chi connectivity index (χ1n) is 15.4. The van der Waals surface area contributed by atoms with E-state index in [1.54, 1.807) is 7.11 Å². The lowest BCUT2D eigenvalue weighted by molar-refractivity contribution is -0.134. The molecule has 0 aliphatic rings. The molecule has 0 aliphatic carbocycles. The van der Waals surface area contributed by atoms with Crippen molar-refractivity contribution >= 4 is 11.7 Å². The molecule has 224 valence electrons. The van der Waals surface area contributed by atoms with Crippen LogP contribution in [0.4, 0.5) is 5.69 Å². The molecule has 4 aromatic rings. The Morgan fingerprint density at radius 1 is 0.744 bits per heavy atom. The molecule has 0 radical (unpaired) electrons. The monoisotopic (exact) mass is 575 g/mol. The summed E-state index contributed by atoms with van der Waals surface area (Å²) in [5, 5.41) is 3.50. The van der Waals surface area contributed by atoms with E-state index in [-0.39, 0.29) is 18.4 Å². The van der Waals surface area contributed by atoms with Crippen molar-refractivity contribution in [2.75, 3.05) is 12.4 Å². The van der Waals surface area contributed by atoms with Crippen LogP contribution in [0.5, 0.6) is 11.5 Å². The predicted molar refractivity (Wildman–Crippen MR) is 180 cm³/mol. The quantitative estimate of drug-likeness (QED) is 0.0979. The Bertz CT molecular complexity index is 1470. The molecule has 0 bridgehead atoms. The van der Waals surface area contributed by atoms with Crippen molar-refractivity contribution in [1.82, 2.24) is 0 Å². The van der Waals surface area contributed by atoms with Gasteiger partial charge in [0.15, 0.2) is 0 Å². The first-order valence-corrected chi connectivity index (χ1v) is 15.4. The first-order chi connectivity index (χ1) is 20.8. The van der Waals surface area contributed by atoms with Crippen molar-refractivity contribution in [3.63, 3.8) is 0 Å². The summed E-state index contributed by atoms with van der Waals surface area (Å²) in [6.45, 7) is 10.9. The van der Waals surface area contributed by atoms with Crippen LogP contribution in [0.15, 0.2) is 103 Å². The molecule has 0 heterocycles. The number of nitrogens with one attached hydrogen (secondary N) is 1. The largest absolute Gasteiger partial charge is 0.495 e. The molecule has 0 saturated carbocycles. The number of hydrogen-bond acceptors (Lipinski definition) is 4. The van der Waals surface area contributed by atoms with E-state index < -0.39 is 0 Å². The summed E-state index contributed by atoms with van der Waals surface area (Å²) < 4.78 is 12.0. The van der Waals surface area contributed by atoms with Gasteiger partial charge in [0.25, 0.3) is 0 Å². The Hall–Kier alpha value is -4.31. The average Bonchev–Trinajstić information content (AvgIpc) is 3.01. The molecule has 1 unspecified atom stereocenters. The molecule has 4 rings (SSSR count). The van der Waals surface area contributed by atoms with Crippen molar-refractivity contribution < 1.29 is 14.3 Å². The Balaban J connectivity index is 1.78. The number of esters is 1. The molecule has 0 saturated heterocycles. The van der Waals surface area contributed by atoms with Gasteiger partial charge in [-0.15, -0.1) is 0 Å². The molecule has 1 atom stereocenters. The molecule has 0 aromatic heterocycles. The van der Waals surface area contributed by atoms with Crippen LogP contribution in [0.1, 0.15) is 76.8 Å². The fourth-order valence-electron chi connectivity index (χ4n) is 5.46. The van der Waals surface area contributed by atoms with Crippen LogP contribution < -0.4 is 14.8 Å². The third-order valence-electron chi connectivity index (χ3n) is 7.64. The molecule has 4 aromatic carbocycles. The summed E-state index contributed by atoms with van der Waals surface area (Å²) >= 11 is 0. The smallest absolute Gasteiger partial charge is 0.313 e. The lowest BCUT2D eigenvalue weighted by Gasteiger charge is -2.22. The molecule has 0 aliphatic heterocycles. The highest BCUT2D eigenvalue weighted by atomic mass is 16.5. The van der Waals surface area contributed by atoms with Gasteiger partial charge in [-0.05, 0) is 52.6 Å². The minimum atomic E-state index is -0.300. The number of rotatable bonds is 13. The standard InChI is InChI=1S/C39H45NO3/c1-7-8-9-17-29(40-36-24-14-15-25-37(36)42-6)26-38(41)43-39-34(32-20-12-10-18-30(32)27(2)3)22-16-23-35(39)33-21-13-11-19-31(33)28(4)5/h9-25,27-29,40H,7-8,26H2,1-6H3/b17-9+. The topological polar surface area (TPSA) is 47.6 Å². The summed E-state index contributed by atoms with van der Waals surface area (Å²) in [6, 6.07) is 30.5. The average molecular weight is 576 g/mol. The third kappa shape index (κ3) is 7.95. The highest BCUT2D eigenvalue weighted by Gasteiger charge is 2.23. The van der Waals surface area contributed by atoms with Crippen LogP contribution in [0.3, 0.4) is 0 Å². The van der Waals surface area contributed by atoms with Gasteiger partial charge in [0.2, 0.25) is 0 Å². The summed E-state index contributed by atoms with van der Waals surface area (Å²) in [7, 11) is 1.65. The first kappa shape index (κ1) is 31.6. The van der Waals surface area contributed by atoms with E-state index in [0.29, 0.717) is 17.6 Å². The molecule has 4 heteroatoms. The molecule has 1 N–H and O–H groups in total. The van der Waals surface area contributed by atoms with Gasteiger partial charge in [-0.1, -0.05) is 132 Å². The zero-order valence-corrected chi connectivity index (χ0v) is 26.4. The number of benzene rings is 4. The minimum absolute atomic E-state index is 0.156. The molecule has 0 spiro atoms. The third-order valence-corrected chi connectivity index (χ3v) is 7.64. The van der Waals surface area contributed by atoms with Gasteiger partial charge in [-0.25, -0.2) is 0 Å². The number of para-hydroxylation sites is 3. The van der Waals surface area contributed by atoms with E-state index in [4.69, 9.17) is 9.47 Å². The number of hydrogen-bond donors (Lipinski definition) is 1. The van der Waals surface area contributed by atoms with Crippen molar-refractivity contribution in [1.29, 1.82) is 0 Å². The zero-order chi connectivity index (χ0) is 30.8. The number of anilines is 1. The number of carbonyl (C=O) groups is 1. The number of allylic oxidation sites excluding steroid dienone is 1. The normalized spacial score (nSPS) is 12.1. The fraction of sp³-hybridized carbons (Fsp3) is 0.308. The van der Waals surface area contributed by atoms with Gasteiger partial charge >= 0.3 is 5.97 Å². The van der Waals surface area contributed by atoms with Crippen LogP contribution in [0.2, 0.25) is 0 Å². The van der Waals surface area contributed by atoms with Gasteiger partial charge < -0.3 is 14.8 Å². The maximum Gasteiger partial charge on any atom is 0.313 e. The van der Waals surface area contributed by atoms with Gasteiger partial charge in [-0.3, -0.25) is 4.79 Å². The van der Waals surface area contributed by atoms with E-state index in [1.807, 2.05) is 36.4 Å². The van der Waals surface area contributed by atoms with Crippen LogP contribution in [0.25, 0.3) is 22.3 Å². The van der Waals surface area contributed by atoms with Crippen molar-refractivity contribution in [2.24, 2.45) is 0 Å². The molecule has 0 amide bonds. The number of methoxy groups -OCH3 is 1. The van der Waals surface area contributed by atoms with Crippen LogP contribution in [0, 0.1) is 0 Å². The van der Waals surface area contributed by atoms with E-state index in [0.717, 1.165) is 46.5 Å². The van der Waals surface area contributed by atoms with Gasteiger partial charge in [0.1, 0.15) is 11.5 Å². The van der Waals surface area contributed by atoms with Crippen molar-refractivity contribution in [3.8, 4) is 33.8 Å². The second kappa shape index (κ2) is 15.2. The van der Waals surface area contributed by atoms with Crippen LogP contribution in [-0.2, 0) is 4.79 Å².